The van der Waals surface area contributed by atoms with Gasteiger partial charge >= 0.3 is 0 Å². The van der Waals surface area contributed by atoms with Gasteiger partial charge in [-0.2, -0.15) is 0 Å². The Labute approximate surface area is 317 Å². The summed E-state index contributed by atoms with van der Waals surface area (Å²) < 4.78 is 0. The minimum atomic E-state index is 0.00494. The van der Waals surface area contributed by atoms with E-state index in [4.69, 9.17) is 9.98 Å². The lowest BCUT2D eigenvalue weighted by atomic mass is 9.91. The summed E-state index contributed by atoms with van der Waals surface area (Å²) in [7, 11) is 0. The number of amidine groups is 2. The average Bonchev–Trinajstić information content (AvgIpc) is 4.06. The molecule has 8 heteroatoms. The standard InChI is InChI=1S/C46H46N6O2/c53-43(27-31-11-3-1-4-12-31)51-25-9-17-41(51)45-47-29-39(49-45)34-21-19-33(20-22-34)35-23-24-38(37-16-8-7-15-36(35)37)40-30-48-46(50-40)42-18-10-26-52(42)44(54)28-32-13-5-2-6-14-32/h1-8,11-16,19-24,39-42H,9-10,17-18,25-30H2,(H,47,49)(H,48,50)/t39?,40?,41-,42-/m0/s1. The van der Waals surface area contributed by atoms with Crippen LogP contribution in [0.15, 0.2) is 131 Å². The first kappa shape index (κ1) is 34.0. The highest BCUT2D eigenvalue weighted by Gasteiger charge is 2.37. The number of carbonyl (C=O) groups excluding carboxylic acids is 2. The highest BCUT2D eigenvalue weighted by Crippen LogP contribution is 2.36. The van der Waals surface area contributed by atoms with Gasteiger partial charge < -0.3 is 20.4 Å². The third-order valence-electron chi connectivity index (χ3n) is 11.7. The number of benzene rings is 5. The number of nitrogens with one attached hydrogen (secondary N) is 2. The second-order valence-corrected chi connectivity index (χ2v) is 15.0. The molecule has 0 bridgehead atoms. The molecule has 54 heavy (non-hydrogen) atoms. The van der Waals surface area contributed by atoms with Crippen molar-refractivity contribution in [1.29, 1.82) is 0 Å². The van der Waals surface area contributed by atoms with Crippen molar-refractivity contribution < 1.29 is 9.59 Å². The lowest BCUT2D eigenvalue weighted by molar-refractivity contribution is -0.131. The Morgan fingerprint density at radius 1 is 0.574 bits per heavy atom. The average molecular weight is 715 g/mol. The molecule has 0 radical (unpaired) electrons. The highest BCUT2D eigenvalue weighted by atomic mass is 16.2. The molecule has 0 saturated carbocycles. The molecule has 4 heterocycles. The maximum Gasteiger partial charge on any atom is 0.227 e. The Hall–Kier alpha value is -5.76. The Morgan fingerprint density at radius 2 is 1.09 bits per heavy atom. The maximum absolute atomic E-state index is 13.4. The van der Waals surface area contributed by atoms with Gasteiger partial charge in [0.2, 0.25) is 11.8 Å². The van der Waals surface area contributed by atoms with Crippen LogP contribution >= 0.6 is 0 Å². The predicted molar refractivity (Wildman–Crippen MR) is 216 cm³/mol. The van der Waals surface area contributed by atoms with Gasteiger partial charge in [0.15, 0.2) is 0 Å². The van der Waals surface area contributed by atoms with Gasteiger partial charge in [0.05, 0.1) is 50.1 Å². The molecule has 2 unspecified atom stereocenters. The molecule has 4 aliphatic rings. The minimum Gasteiger partial charge on any atom is -0.363 e. The van der Waals surface area contributed by atoms with Crippen molar-refractivity contribution in [2.75, 3.05) is 26.2 Å². The first-order valence-electron chi connectivity index (χ1n) is 19.5. The molecule has 9 rings (SSSR count). The smallest absolute Gasteiger partial charge is 0.227 e. The number of nitrogens with zero attached hydrogens (tertiary/aromatic N) is 4. The molecular formula is C46H46N6O2. The van der Waals surface area contributed by atoms with E-state index < -0.39 is 0 Å². The van der Waals surface area contributed by atoms with Gasteiger partial charge in [-0.25, -0.2) is 0 Å². The van der Waals surface area contributed by atoms with Crippen molar-refractivity contribution in [3.05, 3.63) is 144 Å². The number of hydrogen-bond acceptors (Lipinski definition) is 6. The van der Waals surface area contributed by atoms with Gasteiger partial charge in [0, 0.05) is 13.1 Å². The number of likely N-dealkylation sites (tertiary alicyclic amines) is 2. The molecule has 4 aliphatic heterocycles. The Kier molecular flexibility index (Phi) is 9.41. The van der Waals surface area contributed by atoms with Crippen molar-refractivity contribution in [3.8, 4) is 11.1 Å². The zero-order valence-corrected chi connectivity index (χ0v) is 30.5. The number of amides is 2. The van der Waals surface area contributed by atoms with Gasteiger partial charge in [0.1, 0.15) is 11.7 Å². The van der Waals surface area contributed by atoms with E-state index in [0.717, 1.165) is 61.6 Å². The number of aliphatic imine (C=N–C) groups is 2. The number of rotatable bonds is 9. The number of hydrogen-bond donors (Lipinski definition) is 2. The largest absolute Gasteiger partial charge is 0.363 e. The topological polar surface area (TPSA) is 89.4 Å². The van der Waals surface area contributed by atoms with E-state index in [1.54, 1.807) is 0 Å². The van der Waals surface area contributed by atoms with E-state index in [1.165, 1.54) is 33.0 Å². The van der Waals surface area contributed by atoms with E-state index in [1.807, 2.05) is 70.5 Å². The fraction of sp³-hybridized carbons (Fsp3) is 0.304. The second kappa shape index (κ2) is 14.9. The zero-order valence-electron chi connectivity index (χ0n) is 30.5. The molecule has 0 aliphatic carbocycles. The van der Waals surface area contributed by atoms with Crippen molar-refractivity contribution in [2.45, 2.75) is 62.7 Å². The first-order chi connectivity index (χ1) is 26.6. The van der Waals surface area contributed by atoms with Crippen LogP contribution in [0.3, 0.4) is 0 Å². The second-order valence-electron chi connectivity index (χ2n) is 15.0. The summed E-state index contributed by atoms with van der Waals surface area (Å²) >= 11 is 0. The Balaban J connectivity index is 0.864. The maximum atomic E-state index is 13.4. The zero-order chi connectivity index (χ0) is 36.4. The van der Waals surface area contributed by atoms with Crippen molar-refractivity contribution in [1.82, 2.24) is 20.4 Å². The molecule has 2 saturated heterocycles. The normalized spacial score (nSPS) is 22.2. The summed E-state index contributed by atoms with van der Waals surface area (Å²) in [5.41, 5.74) is 6.89. The minimum absolute atomic E-state index is 0.00494. The molecular weight excluding hydrogens is 669 g/mol. The first-order valence-corrected chi connectivity index (χ1v) is 19.5. The lowest BCUT2D eigenvalue weighted by Crippen LogP contribution is -2.45. The van der Waals surface area contributed by atoms with Crippen LogP contribution in [0.1, 0.15) is 60.0 Å². The van der Waals surface area contributed by atoms with Crippen LogP contribution in [-0.4, -0.2) is 71.5 Å². The quantitative estimate of drug-likeness (QED) is 0.171. The van der Waals surface area contributed by atoms with E-state index in [-0.39, 0.29) is 36.0 Å². The summed E-state index contributed by atoms with van der Waals surface area (Å²) in [5.74, 6) is 2.22. The van der Waals surface area contributed by atoms with Crippen LogP contribution in [0.2, 0.25) is 0 Å². The Bertz CT molecular complexity index is 2220. The molecule has 272 valence electrons. The molecule has 2 N–H and O–H groups in total. The molecule has 4 atom stereocenters. The van der Waals surface area contributed by atoms with Gasteiger partial charge in [-0.1, -0.05) is 121 Å². The predicted octanol–water partition coefficient (Wildman–Crippen LogP) is 7.06. The van der Waals surface area contributed by atoms with Crippen LogP contribution in [-0.2, 0) is 22.4 Å². The monoisotopic (exact) mass is 714 g/mol. The molecule has 0 aromatic heterocycles. The van der Waals surface area contributed by atoms with Gasteiger partial charge in [-0.3, -0.25) is 19.6 Å². The molecule has 2 fully saturated rings. The third kappa shape index (κ3) is 6.77. The Morgan fingerprint density at radius 3 is 1.69 bits per heavy atom. The van der Waals surface area contributed by atoms with Gasteiger partial charge in [-0.15, -0.1) is 0 Å². The van der Waals surface area contributed by atoms with Crippen LogP contribution < -0.4 is 10.6 Å². The van der Waals surface area contributed by atoms with Crippen LogP contribution in [0.25, 0.3) is 21.9 Å². The number of fused-ring (bicyclic) bond motifs is 1. The fourth-order valence-corrected chi connectivity index (χ4v) is 8.90. The van der Waals surface area contributed by atoms with Crippen LogP contribution in [0.4, 0.5) is 0 Å². The molecule has 5 aromatic carbocycles. The molecule has 5 aromatic rings. The molecule has 0 spiro atoms. The summed E-state index contributed by atoms with van der Waals surface area (Å²) in [6.45, 7) is 2.88. The summed E-state index contributed by atoms with van der Waals surface area (Å²) in [4.78, 5) is 40.6. The SMILES string of the molecule is O=C(Cc1ccccc1)N1CCC[C@H]1C1=NCC(c2ccc(-c3ccc(C4CN=C([C@@H]5CCCN5C(=O)Cc5ccccc5)N4)c4ccccc34)cc2)N1. The summed E-state index contributed by atoms with van der Waals surface area (Å²) in [6, 6.07) is 42.2. The van der Waals surface area contributed by atoms with Crippen LogP contribution in [0, 0.1) is 0 Å². The summed E-state index contributed by atoms with van der Waals surface area (Å²) in [5, 5.41) is 9.86. The lowest BCUT2D eigenvalue weighted by Gasteiger charge is -2.26. The molecule has 2 amide bonds. The van der Waals surface area contributed by atoms with E-state index in [9.17, 15) is 9.59 Å². The van der Waals surface area contributed by atoms with Crippen LogP contribution in [0.5, 0.6) is 0 Å². The summed E-state index contributed by atoms with van der Waals surface area (Å²) in [6.07, 6.45) is 4.72. The van der Waals surface area contributed by atoms with Crippen molar-refractivity contribution >= 4 is 34.3 Å². The number of carbonyl (C=O) groups is 2. The molecule has 8 nitrogen and oxygen atoms in total. The van der Waals surface area contributed by atoms with Crippen molar-refractivity contribution in [3.63, 3.8) is 0 Å². The van der Waals surface area contributed by atoms with Gasteiger partial charge in [-0.05, 0) is 69.8 Å². The van der Waals surface area contributed by atoms with Crippen molar-refractivity contribution in [2.24, 2.45) is 9.98 Å². The van der Waals surface area contributed by atoms with E-state index in [0.29, 0.717) is 25.9 Å². The highest BCUT2D eigenvalue weighted by molar-refractivity contribution is 6.00. The van der Waals surface area contributed by atoms with E-state index in [2.05, 4.69) is 71.3 Å². The fourth-order valence-electron chi connectivity index (χ4n) is 8.90. The third-order valence-corrected chi connectivity index (χ3v) is 11.7. The van der Waals surface area contributed by atoms with E-state index >= 15 is 0 Å². The van der Waals surface area contributed by atoms with Gasteiger partial charge in [0.25, 0.3) is 0 Å².